The van der Waals surface area contributed by atoms with Crippen molar-refractivity contribution in [1.29, 1.82) is 0 Å². The molecule has 0 spiro atoms. The van der Waals surface area contributed by atoms with Gasteiger partial charge in [0.15, 0.2) is 9.84 Å². The van der Waals surface area contributed by atoms with Gasteiger partial charge in [-0.1, -0.05) is 0 Å². The summed E-state index contributed by atoms with van der Waals surface area (Å²) in [5, 5.41) is 12.3. The average Bonchev–Trinajstić information content (AvgIpc) is 2.76. The Labute approximate surface area is 120 Å². The standard InChI is InChI=1S/C14H22N2O3S/c1-2-16(8-9-17)14-5-3-12(4-6-14)15-13-7-10-20(18,19)11-13/h3-6,13,15,17H,2,7-11H2,1H3. The van der Waals surface area contributed by atoms with Crippen molar-refractivity contribution < 1.29 is 13.5 Å². The first-order valence-corrected chi connectivity index (χ1v) is 8.79. The van der Waals surface area contributed by atoms with Crippen molar-refractivity contribution in [1.82, 2.24) is 0 Å². The summed E-state index contributed by atoms with van der Waals surface area (Å²) in [7, 11) is -2.85. The molecule has 1 saturated heterocycles. The molecule has 1 aromatic rings. The average molecular weight is 298 g/mol. The first-order valence-electron chi connectivity index (χ1n) is 6.97. The first-order chi connectivity index (χ1) is 9.54. The first kappa shape index (κ1) is 15.1. The Morgan fingerprint density at radius 2 is 2.05 bits per heavy atom. The van der Waals surface area contributed by atoms with Gasteiger partial charge in [0.1, 0.15) is 0 Å². The van der Waals surface area contributed by atoms with E-state index in [2.05, 4.69) is 10.2 Å². The zero-order valence-corrected chi connectivity index (χ0v) is 12.6. The third-order valence-corrected chi connectivity index (χ3v) is 5.36. The zero-order chi connectivity index (χ0) is 14.6. The van der Waals surface area contributed by atoms with E-state index in [-0.39, 0.29) is 24.2 Å². The molecule has 1 fully saturated rings. The smallest absolute Gasteiger partial charge is 0.152 e. The summed E-state index contributed by atoms with van der Waals surface area (Å²) in [5.41, 5.74) is 2.00. The predicted molar refractivity (Wildman–Crippen MR) is 82.1 cm³/mol. The van der Waals surface area contributed by atoms with E-state index in [1.165, 1.54) is 0 Å². The maximum Gasteiger partial charge on any atom is 0.152 e. The Bertz CT molecular complexity index is 528. The van der Waals surface area contributed by atoms with Gasteiger partial charge in [-0.3, -0.25) is 0 Å². The molecule has 2 rings (SSSR count). The van der Waals surface area contributed by atoms with E-state index in [4.69, 9.17) is 5.11 Å². The van der Waals surface area contributed by atoms with Crippen molar-refractivity contribution in [3.05, 3.63) is 24.3 Å². The Kier molecular flexibility index (Phi) is 4.88. The van der Waals surface area contributed by atoms with E-state index in [9.17, 15) is 8.42 Å². The SMILES string of the molecule is CCN(CCO)c1ccc(NC2CCS(=O)(=O)C2)cc1. The third kappa shape index (κ3) is 3.86. The fourth-order valence-corrected chi connectivity index (χ4v) is 4.18. The molecule has 20 heavy (non-hydrogen) atoms. The molecule has 112 valence electrons. The molecule has 1 unspecified atom stereocenters. The molecular formula is C14H22N2O3S. The minimum atomic E-state index is -2.85. The number of benzene rings is 1. The number of anilines is 2. The normalized spacial score (nSPS) is 20.8. The van der Waals surface area contributed by atoms with Gasteiger partial charge >= 0.3 is 0 Å². The van der Waals surface area contributed by atoms with Crippen LogP contribution in [0.4, 0.5) is 11.4 Å². The maximum absolute atomic E-state index is 11.4. The van der Waals surface area contributed by atoms with Crippen LogP contribution in [-0.2, 0) is 9.84 Å². The van der Waals surface area contributed by atoms with Crippen LogP contribution in [0, 0.1) is 0 Å². The van der Waals surface area contributed by atoms with Crippen molar-refractivity contribution in [2.24, 2.45) is 0 Å². The van der Waals surface area contributed by atoms with Crippen molar-refractivity contribution in [2.75, 3.05) is 41.4 Å². The quantitative estimate of drug-likeness (QED) is 0.823. The minimum absolute atomic E-state index is 0.0190. The minimum Gasteiger partial charge on any atom is -0.395 e. The molecule has 1 atom stereocenters. The summed E-state index contributed by atoms with van der Waals surface area (Å²) in [5.74, 6) is 0.503. The van der Waals surface area contributed by atoms with Crippen molar-refractivity contribution in [3.8, 4) is 0 Å². The van der Waals surface area contributed by atoms with Crippen LogP contribution >= 0.6 is 0 Å². The molecule has 1 aliphatic rings. The number of hydrogen-bond acceptors (Lipinski definition) is 5. The van der Waals surface area contributed by atoms with Gasteiger partial charge in [-0.05, 0) is 37.6 Å². The summed E-state index contributed by atoms with van der Waals surface area (Å²) >= 11 is 0. The highest BCUT2D eigenvalue weighted by Gasteiger charge is 2.27. The maximum atomic E-state index is 11.4. The summed E-state index contributed by atoms with van der Waals surface area (Å²) in [6.07, 6.45) is 0.676. The van der Waals surface area contributed by atoms with Crippen LogP contribution in [-0.4, -0.2) is 50.8 Å². The summed E-state index contributed by atoms with van der Waals surface area (Å²) in [6, 6.07) is 7.92. The molecule has 1 aliphatic heterocycles. The molecule has 1 heterocycles. The molecule has 0 saturated carbocycles. The van der Waals surface area contributed by atoms with Gasteiger partial charge in [0.25, 0.3) is 0 Å². The number of sulfone groups is 1. The van der Waals surface area contributed by atoms with E-state index in [1.807, 2.05) is 31.2 Å². The van der Waals surface area contributed by atoms with Crippen molar-refractivity contribution in [2.45, 2.75) is 19.4 Å². The van der Waals surface area contributed by atoms with Crippen LogP contribution in [0.25, 0.3) is 0 Å². The number of rotatable bonds is 6. The van der Waals surface area contributed by atoms with Gasteiger partial charge in [-0.25, -0.2) is 8.42 Å². The number of nitrogens with one attached hydrogen (secondary N) is 1. The molecule has 0 radical (unpaired) electrons. The van der Waals surface area contributed by atoms with Gasteiger partial charge in [-0.15, -0.1) is 0 Å². The Balaban J connectivity index is 1.98. The fourth-order valence-electron chi connectivity index (χ4n) is 2.50. The van der Waals surface area contributed by atoms with Crippen LogP contribution in [0.15, 0.2) is 24.3 Å². The molecular weight excluding hydrogens is 276 g/mol. The molecule has 2 N–H and O–H groups in total. The summed E-state index contributed by atoms with van der Waals surface area (Å²) in [6.45, 7) is 3.64. The molecule has 0 amide bonds. The number of nitrogens with zero attached hydrogens (tertiary/aromatic N) is 1. The second-order valence-corrected chi connectivity index (χ2v) is 7.32. The highest BCUT2D eigenvalue weighted by Crippen LogP contribution is 2.21. The Morgan fingerprint density at radius 1 is 1.35 bits per heavy atom. The molecule has 0 aromatic heterocycles. The van der Waals surface area contributed by atoms with E-state index in [1.54, 1.807) is 0 Å². The second kappa shape index (κ2) is 6.45. The molecule has 6 heteroatoms. The van der Waals surface area contributed by atoms with E-state index in [0.717, 1.165) is 17.9 Å². The number of likely N-dealkylation sites (N-methyl/N-ethyl adjacent to an activating group) is 1. The highest BCUT2D eigenvalue weighted by molar-refractivity contribution is 7.91. The van der Waals surface area contributed by atoms with Crippen molar-refractivity contribution in [3.63, 3.8) is 0 Å². The van der Waals surface area contributed by atoms with Gasteiger partial charge in [0.2, 0.25) is 0 Å². The predicted octanol–water partition coefficient (Wildman–Crippen LogP) is 1.10. The topological polar surface area (TPSA) is 69.6 Å². The van der Waals surface area contributed by atoms with Gasteiger partial charge in [-0.2, -0.15) is 0 Å². The van der Waals surface area contributed by atoms with Crippen LogP contribution in [0.5, 0.6) is 0 Å². The largest absolute Gasteiger partial charge is 0.395 e. The molecule has 1 aromatic carbocycles. The molecule has 0 bridgehead atoms. The van der Waals surface area contributed by atoms with E-state index in [0.29, 0.717) is 13.0 Å². The lowest BCUT2D eigenvalue weighted by atomic mass is 10.2. The molecule has 5 nitrogen and oxygen atoms in total. The lowest BCUT2D eigenvalue weighted by Crippen LogP contribution is -2.26. The van der Waals surface area contributed by atoms with Gasteiger partial charge in [0.05, 0.1) is 18.1 Å². The van der Waals surface area contributed by atoms with Gasteiger partial charge in [0, 0.05) is 30.5 Å². The van der Waals surface area contributed by atoms with Crippen LogP contribution < -0.4 is 10.2 Å². The Hall–Kier alpha value is -1.27. The zero-order valence-electron chi connectivity index (χ0n) is 11.7. The van der Waals surface area contributed by atoms with E-state index >= 15 is 0 Å². The van der Waals surface area contributed by atoms with E-state index < -0.39 is 9.84 Å². The highest BCUT2D eigenvalue weighted by atomic mass is 32.2. The number of aliphatic hydroxyl groups is 1. The van der Waals surface area contributed by atoms with Crippen molar-refractivity contribution >= 4 is 21.2 Å². The van der Waals surface area contributed by atoms with Gasteiger partial charge < -0.3 is 15.3 Å². The van der Waals surface area contributed by atoms with Crippen LogP contribution in [0.2, 0.25) is 0 Å². The molecule has 0 aliphatic carbocycles. The number of aliphatic hydroxyl groups excluding tert-OH is 1. The second-order valence-electron chi connectivity index (χ2n) is 5.09. The lowest BCUT2D eigenvalue weighted by Gasteiger charge is -2.22. The fraction of sp³-hybridized carbons (Fsp3) is 0.571. The lowest BCUT2D eigenvalue weighted by molar-refractivity contribution is 0.302. The van der Waals surface area contributed by atoms with Crippen LogP contribution in [0.1, 0.15) is 13.3 Å². The number of hydrogen-bond donors (Lipinski definition) is 2. The summed E-state index contributed by atoms with van der Waals surface area (Å²) in [4.78, 5) is 2.09. The summed E-state index contributed by atoms with van der Waals surface area (Å²) < 4.78 is 22.8. The third-order valence-electron chi connectivity index (χ3n) is 3.59. The Morgan fingerprint density at radius 3 is 2.55 bits per heavy atom. The van der Waals surface area contributed by atoms with Crippen LogP contribution in [0.3, 0.4) is 0 Å². The monoisotopic (exact) mass is 298 g/mol.